The molecule has 2 aliphatic heterocycles. The predicted molar refractivity (Wildman–Crippen MR) is 116 cm³/mol. The molecule has 0 bridgehead atoms. The number of rotatable bonds is 6. The van der Waals surface area contributed by atoms with E-state index in [0.29, 0.717) is 25.6 Å². The Bertz CT molecular complexity index is 781. The lowest BCUT2D eigenvalue weighted by molar-refractivity contribution is -0.127. The minimum atomic E-state index is -2.99. The molecule has 6 nitrogen and oxygen atoms in total. The average Bonchev–Trinajstić information content (AvgIpc) is 2.69. The fourth-order valence-electron chi connectivity index (χ4n) is 4.40. The topological polar surface area (TPSA) is 69.7 Å². The Balaban J connectivity index is 1.70. The predicted octanol–water partition coefficient (Wildman–Crippen LogP) is 2.08. The number of nitrogens with zero attached hydrogens (tertiary/aromatic N) is 2. The molecule has 1 aromatic rings. The van der Waals surface area contributed by atoms with Gasteiger partial charge in [-0.05, 0) is 44.7 Å². The quantitative estimate of drug-likeness (QED) is 0.762. The van der Waals surface area contributed by atoms with Gasteiger partial charge in [-0.2, -0.15) is 0 Å². The molecular weight excluding hydrogens is 386 g/mol. The van der Waals surface area contributed by atoms with Crippen molar-refractivity contribution in [3.63, 3.8) is 0 Å². The van der Waals surface area contributed by atoms with Gasteiger partial charge in [0.25, 0.3) is 0 Å². The van der Waals surface area contributed by atoms with Crippen LogP contribution in [0.4, 0.5) is 0 Å². The van der Waals surface area contributed by atoms with Crippen LogP contribution in [0.5, 0.6) is 0 Å². The number of carbonyl (C=O) groups is 1. The van der Waals surface area contributed by atoms with Gasteiger partial charge < -0.3 is 5.32 Å². The molecule has 2 unspecified atom stereocenters. The fourth-order valence-corrected chi connectivity index (χ4v) is 5.63. The molecule has 2 fully saturated rings. The molecule has 7 heteroatoms. The van der Waals surface area contributed by atoms with Crippen molar-refractivity contribution in [2.24, 2.45) is 5.92 Å². The Morgan fingerprint density at radius 2 is 1.83 bits per heavy atom. The van der Waals surface area contributed by atoms with Crippen molar-refractivity contribution >= 4 is 15.7 Å². The van der Waals surface area contributed by atoms with Crippen LogP contribution in [-0.4, -0.2) is 73.9 Å². The molecule has 0 spiro atoms. The van der Waals surface area contributed by atoms with Crippen LogP contribution in [0.2, 0.25) is 0 Å². The highest BCUT2D eigenvalue weighted by Gasteiger charge is 2.35. The van der Waals surface area contributed by atoms with Crippen molar-refractivity contribution in [2.45, 2.75) is 45.2 Å². The van der Waals surface area contributed by atoms with Gasteiger partial charge in [0.05, 0.1) is 11.5 Å². The molecule has 29 heavy (non-hydrogen) atoms. The van der Waals surface area contributed by atoms with Crippen molar-refractivity contribution in [1.82, 2.24) is 15.1 Å². The molecule has 0 aliphatic carbocycles. The number of carbonyl (C=O) groups excluding carboxylic acids is 1. The molecule has 3 rings (SSSR count). The van der Waals surface area contributed by atoms with Crippen LogP contribution in [0.1, 0.15) is 45.2 Å². The zero-order chi connectivity index (χ0) is 21.1. The number of nitrogens with one attached hydrogen (secondary N) is 1. The van der Waals surface area contributed by atoms with Crippen molar-refractivity contribution in [2.75, 3.05) is 44.2 Å². The first-order valence-corrected chi connectivity index (χ1v) is 12.5. The summed E-state index contributed by atoms with van der Waals surface area (Å²) in [6, 6.07) is 9.22. The molecule has 0 radical (unpaired) electrons. The van der Waals surface area contributed by atoms with E-state index in [2.05, 4.69) is 31.0 Å². The zero-order valence-electron chi connectivity index (χ0n) is 17.9. The molecule has 162 valence electrons. The van der Waals surface area contributed by atoms with Crippen LogP contribution in [0, 0.1) is 5.92 Å². The highest BCUT2D eigenvalue weighted by molar-refractivity contribution is 7.91. The summed E-state index contributed by atoms with van der Waals surface area (Å²) >= 11 is 0. The van der Waals surface area contributed by atoms with Crippen LogP contribution in [0.3, 0.4) is 0 Å². The van der Waals surface area contributed by atoms with E-state index in [9.17, 15) is 13.2 Å². The van der Waals surface area contributed by atoms with E-state index in [-0.39, 0.29) is 23.0 Å². The summed E-state index contributed by atoms with van der Waals surface area (Å²) in [5.74, 6) is 0.862. The second-order valence-corrected chi connectivity index (χ2v) is 11.5. The standard InChI is InChI=1S/C22H35N3O3S/c1-18-8-7-11-25(16-18)22(2,3)17-23-21(26)20(19-9-5-4-6-10-19)24-12-14-29(27,28)15-13-24/h4-6,9-10,18,20H,7-8,11-17H2,1-3H3,(H,23,26). The van der Waals surface area contributed by atoms with Crippen LogP contribution in [-0.2, 0) is 14.6 Å². The number of hydrogen-bond acceptors (Lipinski definition) is 5. The van der Waals surface area contributed by atoms with Crippen molar-refractivity contribution < 1.29 is 13.2 Å². The normalized spacial score (nSPS) is 24.7. The summed E-state index contributed by atoms with van der Waals surface area (Å²) < 4.78 is 23.7. The number of likely N-dealkylation sites (tertiary alicyclic amines) is 1. The van der Waals surface area contributed by atoms with E-state index >= 15 is 0 Å². The highest BCUT2D eigenvalue weighted by atomic mass is 32.2. The van der Waals surface area contributed by atoms with Gasteiger partial charge in [-0.25, -0.2) is 8.42 Å². The van der Waals surface area contributed by atoms with E-state index in [1.807, 2.05) is 35.2 Å². The highest BCUT2D eigenvalue weighted by Crippen LogP contribution is 2.25. The van der Waals surface area contributed by atoms with Crippen LogP contribution in [0.15, 0.2) is 30.3 Å². The first-order chi connectivity index (χ1) is 13.7. The molecule has 2 heterocycles. The van der Waals surface area contributed by atoms with Crippen LogP contribution in [0.25, 0.3) is 0 Å². The summed E-state index contributed by atoms with van der Waals surface area (Å²) in [6.07, 6.45) is 2.47. The van der Waals surface area contributed by atoms with Crippen molar-refractivity contribution in [3.8, 4) is 0 Å². The summed E-state index contributed by atoms with van der Waals surface area (Å²) in [6.45, 7) is 10.2. The molecular formula is C22H35N3O3S. The molecule has 2 atom stereocenters. The smallest absolute Gasteiger partial charge is 0.242 e. The lowest BCUT2D eigenvalue weighted by Crippen LogP contribution is -2.56. The number of benzene rings is 1. The van der Waals surface area contributed by atoms with Gasteiger partial charge in [0.1, 0.15) is 6.04 Å². The van der Waals surface area contributed by atoms with E-state index < -0.39 is 15.9 Å². The Kier molecular flexibility index (Phi) is 7.02. The number of amides is 1. The van der Waals surface area contributed by atoms with Crippen LogP contribution < -0.4 is 5.32 Å². The van der Waals surface area contributed by atoms with Gasteiger partial charge in [0, 0.05) is 31.7 Å². The minimum Gasteiger partial charge on any atom is -0.353 e. The second kappa shape index (κ2) is 9.14. The molecule has 1 aromatic carbocycles. The first kappa shape index (κ1) is 22.2. The third-order valence-electron chi connectivity index (χ3n) is 6.32. The second-order valence-electron chi connectivity index (χ2n) is 9.22. The van der Waals surface area contributed by atoms with E-state index in [1.54, 1.807) is 0 Å². The summed E-state index contributed by atoms with van der Waals surface area (Å²) in [7, 11) is -2.99. The molecule has 2 saturated heterocycles. The Morgan fingerprint density at radius 3 is 2.45 bits per heavy atom. The Morgan fingerprint density at radius 1 is 1.17 bits per heavy atom. The first-order valence-electron chi connectivity index (χ1n) is 10.7. The van der Waals surface area contributed by atoms with E-state index in [1.165, 1.54) is 12.8 Å². The maximum absolute atomic E-state index is 13.3. The summed E-state index contributed by atoms with van der Waals surface area (Å²) in [5.41, 5.74) is 0.797. The largest absolute Gasteiger partial charge is 0.353 e. The molecule has 1 N–H and O–H groups in total. The lowest BCUT2D eigenvalue weighted by Gasteiger charge is -2.43. The monoisotopic (exact) mass is 421 g/mol. The Labute approximate surface area is 175 Å². The van der Waals surface area contributed by atoms with Gasteiger partial charge in [-0.15, -0.1) is 0 Å². The van der Waals surface area contributed by atoms with Crippen molar-refractivity contribution in [1.29, 1.82) is 0 Å². The lowest BCUT2D eigenvalue weighted by atomic mass is 9.93. The van der Waals surface area contributed by atoms with Gasteiger partial charge in [0.15, 0.2) is 9.84 Å². The van der Waals surface area contributed by atoms with Crippen molar-refractivity contribution in [3.05, 3.63) is 35.9 Å². The minimum absolute atomic E-state index is 0.0476. The molecule has 1 amide bonds. The number of hydrogen-bond donors (Lipinski definition) is 1. The Hall–Kier alpha value is -1.44. The van der Waals surface area contributed by atoms with Gasteiger partial charge >= 0.3 is 0 Å². The zero-order valence-corrected chi connectivity index (χ0v) is 18.7. The van der Waals surface area contributed by atoms with Gasteiger partial charge in [-0.1, -0.05) is 37.3 Å². The summed E-state index contributed by atoms with van der Waals surface area (Å²) in [5, 5.41) is 3.18. The van der Waals surface area contributed by atoms with Crippen LogP contribution >= 0.6 is 0 Å². The van der Waals surface area contributed by atoms with Gasteiger partial charge in [0.2, 0.25) is 5.91 Å². The molecule has 2 aliphatic rings. The fraction of sp³-hybridized carbons (Fsp3) is 0.682. The van der Waals surface area contributed by atoms with Gasteiger partial charge in [-0.3, -0.25) is 14.6 Å². The third-order valence-corrected chi connectivity index (χ3v) is 7.93. The number of piperidine rings is 1. The SMILES string of the molecule is CC1CCCN(C(C)(C)CNC(=O)C(c2ccccc2)N2CCS(=O)(=O)CC2)C1. The maximum atomic E-state index is 13.3. The third kappa shape index (κ3) is 5.80. The summed E-state index contributed by atoms with van der Waals surface area (Å²) in [4.78, 5) is 17.8. The van der Waals surface area contributed by atoms with E-state index in [4.69, 9.17) is 0 Å². The molecule has 0 aromatic heterocycles. The average molecular weight is 422 g/mol. The number of sulfone groups is 1. The maximum Gasteiger partial charge on any atom is 0.242 e. The molecule has 0 saturated carbocycles. The van der Waals surface area contributed by atoms with E-state index in [0.717, 1.165) is 18.7 Å².